The van der Waals surface area contributed by atoms with Crippen molar-refractivity contribution in [2.45, 2.75) is 47.0 Å². The lowest BCUT2D eigenvalue weighted by molar-refractivity contribution is 0.509. The van der Waals surface area contributed by atoms with Gasteiger partial charge in [0.25, 0.3) is 0 Å². The maximum Gasteiger partial charge on any atom is 0.209 e. The van der Waals surface area contributed by atoms with Crippen molar-refractivity contribution in [2.75, 3.05) is 5.32 Å². The highest BCUT2D eigenvalue weighted by molar-refractivity contribution is 7.15. The lowest BCUT2D eigenvalue weighted by atomic mass is 9.93. The van der Waals surface area contributed by atoms with E-state index in [1.807, 2.05) is 0 Å². The van der Waals surface area contributed by atoms with E-state index in [1.165, 1.54) is 0 Å². The van der Waals surface area contributed by atoms with Crippen LogP contribution in [0.4, 0.5) is 5.13 Å². The van der Waals surface area contributed by atoms with Gasteiger partial charge in [-0.25, -0.2) is 0 Å². The Kier molecular flexibility index (Phi) is 3.43. The van der Waals surface area contributed by atoms with E-state index in [4.69, 9.17) is 0 Å². The summed E-state index contributed by atoms with van der Waals surface area (Å²) in [5.74, 6) is 0. The van der Waals surface area contributed by atoms with E-state index in [9.17, 15) is 0 Å². The molecule has 16 heavy (non-hydrogen) atoms. The number of nitrogens with zero attached hydrogens (tertiary/aromatic N) is 2. The molecule has 1 rings (SSSR count). The lowest BCUT2D eigenvalue weighted by Crippen LogP contribution is -2.15. The molecule has 0 aromatic carbocycles. The molecular formula is C12H21N3S. The highest BCUT2D eigenvalue weighted by Gasteiger charge is 2.21. The van der Waals surface area contributed by atoms with Gasteiger partial charge in [0, 0.05) is 16.5 Å². The fourth-order valence-corrected chi connectivity index (χ4v) is 1.72. The number of rotatable bonds is 2. The first kappa shape index (κ1) is 13.2. The standard InChI is InChI=1S/C12H21N3S/c1-8(11(2,3)4)13-10-15-14-9(16-10)12(5,6)7/h1H2,2-7H3,(H,13,15). The number of nitrogens with one attached hydrogen (secondary N) is 1. The van der Waals surface area contributed by atoms with Crippen LogP contribution >= 0.6 is 11.3 Å². The van der Waals surface area contributed by atoms with Crippen molar-refractivity contribution in [2.24, 2.45) is 5.41 Å². The molecule has 0 aliphatic rings. The van der Waals surface area contributed by atoms with E-state index in [0.717, 1.165) is 15.8 Å². The Morgan fingerprint density at radius 3 is 2.06 bits per heavy atom. The highest BCUT2D eigenvalue weighted by Crippen LogP contribution is 2.30. The number of allylic oxidation sites excluding steroid dienone is 1. The van der Waals surface area contributed by atoms with Crippen molar-refractivity contribution in [3.05, 3.63) is 17.3 Å². The summed E-state index contributed by atoms with van der Waals surface area (Å²) in [5, 5.41) is 13.4. The maximum atomic E-state index is 4.19. The topological polar surface area (TPSA) is 37.8 Å². The molecule has 0 aliphatic carbocycles. The van der Waals surface area contributed by atoms with Crippen molar-refractivity contribution < 1.29 is 0 Å². The summed E-state index contributed by atoms with van der Waals surface area (Å²) in [6.07, 6.45) is 0. The average Bonchev–Trinajstić information content (AvgIpc) is 2.49. The number of anilines is 1. The summed E-state index contributed by atoms with van der Waals surface area (Å²) in [5.41, 5.74) is 1.05. The first-order valence-electron chi connectivity index (χ1n) is 5.41. The summed E-state index contributed by atoms with van der Waals surface area (Å²) in [6, 6.07) is 0. The van der Waals surface area contributed by atoms with Crippen LogP contribution in [0, 0.1) is 5.41 Å². The monoisotopic (exact) mass is 239 g/mol. The third kappa shape index (κ3) is 3.30. The van der Waals surface area contributed by atoms with Gasteiger partial charge in [-0.05, 0) is 0 Å². The highest BCUT2D eigenvalue weighted by atomic mass is 32.1. The lowest BCUT2D eigenvalue weighted by Gasteiger charge is -2.21. The van der Waals surface area contributed by atoms with E-state index >= 15 is 0 Å². The number of hydrogen-bond donors (Lipinski definition) is 1. The Hall–Kier alpha value is -0.900. The summed E-state index contributed by atoms with van der Waals surface area (Å²) in [7, 11) is 0. The van der Waals surface area contributed by atoms with Crippen molar-refractivity contribution in [3.63, 3.8) is 0 Å². The summed E-state index contributed by atoms with van der Waals surface area (Å²) >= 11 is 1.59. The molecule has 3 nitrogen and oxygen atoms in total. The van der Waals surface area contributed by atoms with E-state index in [1.54, 1.807) is 11.3 Å². The Morgan fingerprint density at radius 2 is 1.69 bits per heavy atom. The molecule has 0 fully saturated rings. The predicted molar refractivity (Wildman–Crippen MR) is 70.8 cm³/mol. The second-order valence-corrected chi connectivity index (χ2v) is 6.99. The van der Waals surface area contributed by atoms with E-state index in [0.29, 0.717) is 0 Å². The second-order valence-electron chi connectivity index (χ2n) is 6.02. The number of hydrogen-bond acceptors (Lipinski definition) is 4. The van der Waals surface area contributed by atoms with Gasteiger partial charge in [-0.15, -0.1) is 10.2 Å². The zero-order valence-corrected chi connectivity index (χ0v) is 11.8. The molecule has 1 heterocycles. The van der Waals surface area contributed by atoms with Crippen LogP contribution in [0.3, 0.4) is 0 Å². The molecule has 0 bridgehead atoms. The maximum absolute atomic E-state index is 4.19. The van der Waals surface area contributed by atoms with Crippen molar-refractivity contribution in [1.82, 2.24) is 10.2 Å². The van der Waals surface area contributed by atoms with Gasteiger partial charge in [0.05, 0.1) is 0 Å². The van der Waals surface area contributed by atoms with Crippen molar-refractivity contribution in [3.8, 4) is 0 Å². The molecule has 0 atom stereocenters. The minimum absolute atomic E-state index is 0.0353. The molecule has 1 N–H and O–H groups in total. The minimum atomic E-state index is 0.0353. The molecule has 0 unspecified atom stereocenters. The van der Waals surface area contributed by atoms with E-state index in [-0.39, 0.29) is 10.8 Å². The summed E-state index contributed by atoms with van der Waals surface area (Å²) in [6.45, 7) is 16.8. The first-order valence-corrected chi connectivity index (χ1v) is 6.23. The Morgan fingerprint density at radius 1 is 1.12 bits per heavy atom. The third-order valence-electron chi connectivity index (χ3n) is 2.23. The van der Waals surface area contributed by atoms with Crippen LogP contribution in [0.1, 0.15) is 46.6 Å². The Labute approximate surface area is 102 Å². The quantitative estimate of drug-likeness (QED) is 0.853. The van der Waals surface area contributed by atoms with Crippen molar-refractivity contribution >= 4 is 16.5 Å². The molecule has 4 heteroatoms. The SMILES string of the molecule is C=C(Nc1nnc(C(C)(C)C)s1)C(C)(C)C. The average molecular weight is 239 g/mol. The molecule has 1 aromatic rings. The van der Waals surface area contributed by atoms with Crippen LogP contribution in [-0.4, -0.2) is 10.2 Å². The molecule has 0 spiro atoms. The van der Waals surface area contributed by atoms with Gasteiger partial charge in [0.1, 0.15) is 5.01 Å². The molecule has 0 amide bonds. The number of aromatic nitrogens is 2. The second kappa shape index (κ2) is 4.17. The third-order valence-corrected chi connectivity index (χ3v) is 3.49. The largest absolute Gasteiger partial charge is 0.334 e. The zero-order chi connectivity index (χ0) is 12.6. The molecule has 1 aromatic heterocycles. The van der Waals surface area contributed by atoms with Gasteiger partial charge in [-0.2, -0.15) is 0 Å². The van der Waals surface area contributed by atoms with Gasteiger partial charge in [-0.3, -0.25) is 0 Å². The molecule has 90 valence electrons. The zero-order valence-electron chi connectivity index (χ0n) is 11.0. The van der Waals surface area contributed by atoms with Crippen molar-refractivity contribution in [1.29, 1.82) is 0 Å². The van der Waals surface area contributed by atoms with Gasteiger partial charge >= 0.3 is 0 Å². The molecule has 0 radical (unpaired) electrons. The van der Waals surface area contributed by atoms with Crippen LogP contribution in [0.25, 0.3) is 0 Å². The van der Waals surface area contributed by atoms with Gasteiger partial charge in [0.2, 0.25) is 5.13 Å². The normalized spacial score (nSPS) is 12.6. The smallest absolute Gasteiger partial charge is 0.209 e. The fraction of sp³-hybridized carbons (Fsp3) is 0.667. The van der Waals surface area contributed by atoms with Gasteiger partial charge in [0.15, 0.2) is 0 Å². The van der Waals surface area contributed by atoms with E-state index in [2.05, 4.69) is 63.6 Å². The summed E-state index contributed by atoms with van der Waals surface area (Å²) in [4.78, 5) is 0. The van der Waals surface area contributed by atoms with Crippen LogP contribution in [0.2, 0.25) is 0 Å². The summed E-state index contributed by atoms with van der Waals surface area (Å²) < 4.78 is 0. The fourth-order valence-electron chi connectivity index (χ4n) is 0.893. The molecule has 0 aliphatic heterocycles. The minimum Gasteiger partial charge on any atom is -0.334 e. The molecule has 0 saturated carbocycles. The van der Waals surface area contributed by atoms with Crippen LogP contribution < -0.4 is 5.32 Å². The van der Waals surface area contributed by atoms with Crippen LogP contribution in [-0.2, 0) is 5.41 Å². The molecular weight excluding hydrogens is 218 g/mol. The van der Waals surface area contributed by atoms with E-state index < -0.39 is 0 Å². The Bertz CT molecular complexity index is 380. The first-order chi connectivity index (χ1) is 7.10. The van der Waals surface area contributed by atoms with Crippen LogP contribution in [0.15, 0.2) is 12.3 Å². The molecule has 0 saturated heterocycles. The van der Waals surface area contributed by atoms with Gasteiger partial charge < -0.3 is 5.32 Å². The van der Waals surface area contributed by atoms with Crippen LogP contribution in [0.5, 0.6) is 0 Å². The van der Waals surface area contributed by atoms with Gasteiger partial charge in [-0.1, -0.05) is 59.5 Å². The Balaban J connectivity index is 2.78. The predicted octanol–water partition coefficient (Wildman–Crippen LogP) is 3.81.